The van der Waals surface area contributed by atoms with Crippen molar-refractivity contribution in [2.45, 2.75) is 45.2 Å². The number of ketones is 1. The quantitative estimate of drug-likeness (QED) is 0.443. The van der Waals surface area contributed by atoms with E-state index in [0.717, 1.165) is 16.0 Å². The van der Waals surface area contributed by atoms with Crippen molar-refractivity contribution in [2.75, 3.05) is 0 Å². The van der Waals surface area contributed by atoms with Crippen molar-refractivity contribution in [3.05, 3.63) is 93.7 Å². The number of carbonyl (C=O) groups excluding carboxylic acids is 2. The zero-order valence-electron chi connectivity index (χ0n) is 19.5. The Hall–Kier alpha value is -3.25. The van der Waals surface area contributed by atoms with E-state index < -0.39 is 29.9 Å². The first kappa shape index (κ1) is 23.9. The molecular weight excluding hydrogens is 446 g/mol. The SMILES string of the molecule is Cc1ccc(C(=O)C2C(c3cccs3)C(C(=O)O)N(C(=O)CC(C)C)C2c2ccccc2)cc1. The van der Waals surface area contributed by atoms with Crippen LogP contribution in [-0.4, -0.2) is 33.7 Å². The average Bonchev–Trinajstić information content (AvgIpc) is 3.45. The second-order valence-electron chi connectivity index (χ2n) is 9.33. The van der Waals surface area contributed by atoms with Crippen molar-refractivity contribution in [1.29, 1.82) is 0 Å². The Morgan fingerprint density at radius 2 is 1.65 bits per heavy atom. The summed E-state index contributed by atoms with van der Waals surface area (Å²) >= 11 is 1.43. The summed E-state index contributed by atoms with van der Waals surface area (Å²) in [5.41, 5.74) is 2.34. The van der Waals surface area contributed by atoms with Gasteiger partial charge in [0.05, 0.1) is 12.0 Å². The van der Waals surface area contributed by atoms with E-state index in [4.69, 9.17) is 0 Å². The zero-order chi connectivity index (χ0) is 24.4. The molecule has 0 aliphatic carbocycles. The molecule has 0 radical (unpaired) electrons. The number of aryl methyl sites for hydroxylation is 1. The molecule has 1 aliphatic rings. The second-order valence-corrected chi connectivity index (χ2v) is 10.3. The predicted octanol–water partition coefficient (Wildman–Crippen LogP) is 5.72. The summed E-state index contributed by atoms with van der Waals surface area (Å²) in [6, 6.07) is 18.7. The van der Waals surface area contributed by atoms with Gasteiger partial charge in [0.1, 0.15) is 6.04 Å². The fourth-order valence-corrected chi connectivity index (χ4v) is 5.90. The second kappa shape index (κ2) is 9.94. The molecule has 1 N–H and O–H groups in total. The van der Waals surface area contributed by atoms with E-state index in [1.807, 2.05) is 80.7 Å². The molecule has 1 aliphatic heterocycles. The molecule has 3 aromatic rings. The molecule has 176 valence electrons. The number of benzene rings is 2. The van der Waals surface area contributed by atoms with E-state index in [1.54, 1.807) is 12.1 Å². The maximum Gasteiger partial charge on any atom is 0.327 e. The van der Waals surface area contributed by atoms with Crippen molar-refractivity contribution in [3.8, 4) is 0 Å². The summed E-state index contributed by atoms with van der Waals surface area (Å²) in [5.74, 6) is -2.77. The molecule has 34 heavy (non-hydrogen) atoms. The zero-order valence-corrected chi connectivity index (χ0v) is 20.4. The molecule has 2 aromatic carbocycles. The lowest BCUT2D eigenvalue weighted by atomic mass is 9.78. The molecule has 1 aromatic heterocycles. The van der Waals surface area contributed by atoms with Gasteiger partial charge in [-0.05, 0) is 29.9 Å². The minimum atomic E-state index is -1.13. The van der Waals surface area contributed by atoms with E-state index in [2.05, 4.69) is 0 Å². The summed E-state index contributed by atoms with van der Waals surface area (Å²) in [7, 11) is 0. The van der Waals surface area contributed by atoms with Crippen molar-refractivity contribution >= 4 is 29.0 Å². The normalized spacial score (nSPS) is 22.2. The lowest BCUT2D eigenvalue weighted by Gasteiger charge is -2.31. The van der Waals surface area contributed by atoms with Crippen LogP contribution in [-0.2, 0) is 9.59 Å². The lowest BCUT2D eigenvalue weighted by molar-refractivity contribution is -0.150. The minimum absolute atomic E-state index is 0.0606. The number of hydrogen-bond donors (Lipinski definition) is 1. The summed E-state index contributed by atoms with van der Waals surface area (Å²) in [6.07, 6.45) is 0.218. The first-order valence-electron chi connectivity index (χ1n) is 11.5. The molecule has 5 nitrogen and oxygen atoms in total. The Morgan fingerprint density at radius 3 is 2.21 bits per heavy atom. The maximum absolute atomic E-state index is 14.1. The minimum Gasteiger partial charge on any atom is -0.480 e. The number of carboxylic acid groups (broad SMARTS) is 1. The lowest BCUT2D eigenvalue weighted by Crippen LogP contribution is -2.44. The summed E-state index contributed by atoms with van der Waals surface area (Å²) in [6.45, 7) is 5.83. The van der Waals surface area contributed by atoms with Crippen LogP contribution in [0, 0.1) is 18.8 Å². The van der Waals surface area contributed by atoms with Crippen molar-refractivity contribution in [3.63, 3.8) is 0 Å². The Bertz CT molecular complexity index is 1150. The third kappa shape index (κ3) is 4.55. The van der Waals surface area contributed by atoms with Crippen LogP contribution in [0.3, 0.4) is 0 Å². The van der Waals surface area contributed by atoms with Crippen molar-refractivity contribution in [1.82, 2.24) is 4.90 Å². The number of hydrogen-bond acceptors (Lipinski definition) is 4. The molecule has 1 saturated heterocycles. The molecule has 6 heteroatoms. The van der Waals surface area contributed by atoms with E-state index in [-0.39, 0.29) is 24.0 Å². The molecule has 1 fully saturated rings. The van der Waals surface area contributed by atoms with Crippen LogP contribution < -0.4 is 0 Å². The molecule has 1 amide bonds. The third-order valence-corrected chi connectivity index (χ3v) is 7.42. The van der Waals surface area contributed by atoms with E-state index in [0.29, 0.717) is 5.56 Å². The van der Waals surface area contributed by atoms with Gasteiger partial charge in [0, 0.05) is 22.8 Å². The van der Waals surface area contributed by atoms with E-state index >= 15 is 0 Å². The van der Waals surface area contributed by atoms with Crippen LogP contribution in [0.15, 0.2) is 72.1 Å². The number of amides is 1. The highest BCUT2D eigenvalue weighted by molar-refractivity contribution is 7.10. The first-order chi connectivity index (χ1) is 16.3. The molecule has 0 bridgehead atoms. The van der Waals surface area contributed by atoms with Gasteiger partial charge in [-0.3, -0.25) is 9.59 Å². The number of carbonyl (C=O) groups is 3. The molecule has 2 heterocycles. The number of Topliss-reactive ketones (excluding diaryl/α,β-unsaturated/α-hetero) is 1. The number of nitrogens with zero attached hydrogens (tertiary/aromatic N) is 1. The molecule has 4 rings (SSSR count). The smallest absolute Gasteiger partial charge is 0.327 e. The predicted molar refractivity (Wildman–Crippen MR) is 133 cm³/mol. The molecule has 4 atom stereocenters. The monoisotopic (exact) mass is 475 g/mol. The number of likely N-dealkylation sites (tertiary alicyclic amines) is 1. The number of aliphatic carboxylic acids is 1. The van der Waals surface area contributed by atoms with Gasteiger partial charge >= 0.3 is 5.97 Å². The summed E-state index contributed by atoms with van der Waals surface area (Å²) in [5, 5.41) is 12.3. The van der Waals surface area contributed by atoms with Gasteiger partial charge < -0.3 is 10.0 Å². The maximum atomic E-state index is 14.1. The highest BCUT2D eigenvalue weighted by Gasteiger charge is 2.57. The van der Waals surface area contributed by atoms with Gasteiger partial charge in [0.2, 0.25) is 5.91 Å². The van der Waals surface area contributed by atoms with Gasteiger partial charge in [-0.1, -0.05) is 80.1 Å². The fraction of sp³-hybridized carbons (Fsp3) is 0.321. The van der Waals surface area contributed by atoms with Gasteiger partial charge in [-0.25, -0.2) is 4.79 Å². The van der Waals surface area contributed by atoms with Gasteiger partial charge in [0.25, 0.3) is 0 Å². The summed E-state index contributed by atoms with van der Waals surface area (Å²) in [4.78, 5) is 42.7. The number of thiophene rings is 1. The van der Waals surface area contributed by atoms with Crippen LogP contribution in [0.25, 0.3) is 0 Å². The van der Waals surface area contributed by atoms with Crippen molar-refractivity contribution in [2.24, 2.45) is 11.8 Å². The van der Waals surface area contributed by atoms with Crippen LogP contribution in [0.5, 0.6) is 0 Å². The van der Waals surface area contributed by atoms with Crippen LogP contribution in [0.2, 0.25) is 0 Å². The molecule has 4 unspecified atom stereocenters. The number of carboxylic acids is 1. The van der Waals surface area contributed by atoms with E-state index in [9.17, 15) is 19.5 Å². The first-order valence-corrected chi connectivity index (χ1v) is 12.4. The van der Waals surface area contributed by atoms with Gasteiger partial charge in [-0.2, -0.15) is 0 Å². The standard InChI is InChI=1S/C28H29NO4S/c1-17(2)16-22(30)29-25(19-8-5-4-6-9-19)24(27(31)20-13-11-18(3)12-14-20)23(26(29)28(32)33)21-10-7-15-34-21/h4-15,17,23-26H,16H2,1-3H3,(H,32,33). The Labute approximate surface area is 204 Å². The molecular formula is C28H29NO4S. The largest absolute Gasteiger partial charge is 0.480 e. The van der Waals surface area contributed by atoms with E-state index in [1.165, 1.54) is 16.2 Å². The molecule has 0 saturated carbocycles. The topological polar surface area (TPSA) is 74.7 Å². The highest BCUT2D eigenvalue weighted by Crippen LogP contribution is 2.52. The highest BCUT2D eigenvalue weighted by atomic mass is 32.1. The van der Waals surface area contributed by atoms with Crippen LogP contribution in [0.1, 0.15) is 58.6 Å². The number of rotatable bonds is 7. The summed E-state index contributed by atoms with van der Waals surface area (Å²) < 4.78 is 0. The van der Waals surface area contributed by atoms with Crippen molar-refractivity contribution < 1.29 is 19.5 Å². The third-order valence-electron chi connectivity index (χ3n) is 6.44. The Kier molecular flexibility index (Phi) is 6.98. The average molecular weight is 476 g/mol. The fourth-order valence-electron chi connectivity index (χ4n) is 5.00. The van der Waals surface area contributed by atoms with Crippen LogP contribution >= 0.6 is 11.3 Å². The Morgan fingerprint density at radius 1 is 0.971 bits per heavy atom. The van der Waals surface area contributed by atoms with Gasteiger partial charge in [-0.15, -0.1) is 11.3 Å². The Balaban J connectivity index is 1.94. The van der Waals surface area contributed by atoms with Gasteiger partial charge in [0.15, 0.2) is 5.78 Å². The molecule has 0 spiro atoms. The van der Waals surface area contributed by atoms with Crippen LogP contribution in [0.4, 0.5) is 0 Å².